The predicted molar refractivity (Wildman–Crippen MR) is 86.4 cm³/mol. The summed E-state index contributed by atoms with van der Waals surface area (Å²) in [5, 5.41) is 6.63. The number of likely N-dealkylation sites (N-methyl/N-ethyl adjacent to an activating group) is 1. The molecule has 0 atom stereocenters. The van der Waals surface area contributed by atoms with Crippen LogP contribution in [0.25, 0.3) is 0 Å². The molecular formula is C15H29N5. The quantitative estimate of drug-likeness (QED) is 0.690. The van der Waals surface area contributed by atoms with Crippen LogP contribution in [0.3, 0.4) is 0 Å². The van der Waals surface area contributed by atoms with Gasteiger partial charge < -0.3 is 15.5 Å². The van der Waals surface area contributed by atoms with Gasteiger partial charge >= 0.3 is 0 Å². The van der Waals surface area contributed by atoms with Gasteiger partial charge in [-0.05, 0) is 32.9 Å². The largest absolute Gasteiger partial charge is 0.369 e. The van der Waals surface area contributed by atoms with Gasteiger partial charge in [-0.3, -0.25) is 0 Å². The van der Waals surface area contributed by atoms with Crippen LogP contribution in [0, 0.1) is 6.92 Å². The maximum atomic E-state index is 4.49. The number of aromatic nitrogens is 2. The minimum absolute atomic E-state index is 0.718. The van der Waals surface area contributed by atoms with Gasteiger partial charge in [0.05, 0.1) is 0 Å². The second-order valence-electron chi connectivity index (χ2n) is 5.01. The Balaban J connectivity index is 2.48. The van der Waals surface area contributed by atoms with Crippen molar-refractivity contribution in [2.75, 3.05) is 43.4 Å². The van der Waals surface area contributed by atoms with Crippen molar-refractivity contribution in [2.45, 2.75) is 40.5 Å². The SMILES string of the molecule is CCCNc1nc(C)cc(NCCN(CC)CCC)n1. The number of hydrogen-bond donors (Lipinski definition) is 2. The molecule has 1 aromatic heterocycles. The highest BCUT2D eigenvalue weighted by Crippen LogP contribution is 2.09. The molecule has 0 aliphatic carbocycles. The minimum Gasteiger partial charge on any atom is -0.369 e. The number of rotatable bonds is 10. The Bertz CT molecular complexity index is 381. The van der Waals surface area contributed by atoms with Crippen LogP contribution >= 0.6 is 0 Å². The Kier molecular flexibility index (Phi) is 7.95. The first-order valence-corrected chi connectivity index (χ1v) is 7.75. The molecular weight excluding hydrogens is 250 g/mol. The summed E-state index contributed by atoms with van der Waals surface area (Å²) in [6, 6.07) is 1.99. The van der Waals surface area contributed by atoms with E-state index in [1.54, 1.807) is 0 Å². The Hall–Kier alpha value is -1.36. The van der Waals surface area contributed by atoms with Crippen LogP contribution in [0.5, 0.6) is 0 Å². The van der Waals surface area contributed by atoms with Gasteiger partial charge in [0.1, 0.15) is 5.82 Å². The zero-order valence-electron chi connectivity index (χ0n) is 13.4. The number of nitrogens with one attached hydrogen (secondary N) is 2. The fourth-order valence-corrected chi connectivity index (χ4v) is 2.06. The summed E-state index contributed by atoms with van der Waals surface area (Å²) in [6.07, 6.45) is 2.27. The van der Waals surface area contributed by atoms with Crippen molar-refractivity contribution in [2.24, 2.45) is 0 Å². The molecule has 0 saturated carbocycles. The summed E-state index contributed by atoms with van der Waals surface area (Å²) >= 11 is 0. The molecule has 0 saturated heterocycles. The third-order valence-corrected chi connectivity index (χ3v) is 3.11. The number of aryl methyl sites for hydroxylation is 1. The van der Waals surface area contributed by atoms with E-state index in [4.69, 9.17) is 0 Å². The van der Waals surface area contributed by atoms with E-state index in [0.717, 1.165) is 56.6 Å². The Morgan fingerprint density at radius 1 is 1.00 bits per heavy atom. The van der Waals surface area contributed by atoms with Crippen LogP contribution in [-0.4, -0.2) is 47.6 Å². The van der Waals surface area contributed by atoms with Crippen LogP contribution in [0.15, 0.2) is 6.07 Å². The van der Waals surface area contributed by atoms with Gasteiger partial charge in [-0.25, -0.2) is 4.98 Å². The lowest BCUT2D eigenvalue weighted by molar-refractivity contribution is 0.300. The second-order valence-corrected chi connectivity index (χ2v) is 5.01. The van der Waals surface area contributed by atoms with E-state index in [1.807, 2.05) is 13.0 Å². The molecule has 0 amide bonds. The van der Waals surface area contributed by atoms with Gasteiger partial charge in [0.15, 0.2) is 0 Å². The standard InChI is InChI=1S/C15H29N5/c1-5-8-17-15-18-13(4)12-14(19-15)16-9-11-20(7-3)10-6-2/h12H,5-11H2,1-4H3,(H2,16,17,18,19). The van der Waals surface area contributed by atoms with Crippen molar-refractivity contribution in [1.29, 1.82) is 0 Å². The molecule has 0 spiro atoms. The monoisotopic (exact) mass is 279 g/mol. The maximum Gasteiger partial charge on any atom is 0.224 e. The lowest BCUT2D eigenvalue weighted by atomic mass is 10.4. The molecule has 0 aromatic carbocycles. The molecule has 0 fully saturated rings. The van der Waals surface area contributed by atoms with E-state index >= 15 is 0 Å². The van der Waals surface area contributed by atoms with Crippen molar-refractivity contribution in [3.05, 3.63) is 11.8 Å². The van der Waals surface area contributed by atoms with Crippen molar-refractivity contribution in [3.8, 4) is 0 Å². The normalized spacial score (nSPS) is 10.8. The molecule has 1 aromatic rings. The first-order valence-electron chi connectivity index (χ1n) is 7.75. The first-order chi connectivity index (χ1) is 9.69. The number of nitrogens with zero attached hydrogens (tertiary/aromatic N) is 3. The lowest BCUT2D eigenvalue weighted by Crippen LogP contribution is -2.29. The molecule has 5 heteroatoms. The average Bonchev–Trinajstić information content (AvgIpc) is 2.43. The zero-order chi connectivity index (χ0) is 14.8. The fraction of sp³-hybridized carbons (Fsp3) is 0.733. The van der Waals surface area contributed by atoms with E-state index in [0.29, 0.717) is 0 Å². The van der Waals surface area contributed by atoms with Crippen molar-refractivity contribution in [3.63, 3.8) is 0 Å². The Labute approximate surface area is 123 Å². The summed E-state index contributed by atoms with van der Waals surface area (Å²) in [5.41, 5.74) is 0.988. The minimum atomic E-state index is 0.718. The van der Waals surface area contributed by atoms with Gasteiger partial charge in [-0.15, -0.1) is 0 Å². The van der Waals surface area contributed by atoms with Crippen molar-refractivity contribution >= 4 is 11.8 Å². The summed E-state index contributed by atoms with van der Waals surface area (Å²) in [6.45, 7) is 13.7. The van der Waals surface area contributed by atoms with Gasteiger partial charge in [-0.1, -0.05) is 20.8 Å². The molecule has 114 valence electrons. The molecule has 5 nitrogen and oxygen atoms in total. The summed E-state index contributed by atoms with van der Waals surface area (Å²) in [7, 11) is 0. The summed E-state index contributed by atoms with van der Waals surface area (Å²) < 4.78 is 0. The van der Waals surface area contributed by atoms with E-state index in [-0.39, 0.29) is 0 Å². The molecule has 0 aliphatic rings. The van der Waals surface area contributed by atoms with E-state index < -0.39 is 0 Å². The van der Waals surface area contributed by atoms with E-state index in [2.05, 4.69) is 46.3 Å². The predicted octanol–water partition coefficient (Wildman–Crippen LogP) is 2.75. The van der Waals surface area contributed by atoms with Crippen molar-refractivity contribution in [1.82, 2.24) is 14.9 Å². The van der Waals surface area contributed by atoms with Gasteiger partial charge in [0.25, 0.3) is 0 Å². The molecule has 20 heavy (non-hydrogen) atoms. The third kappa shape index (κ3) is 6.19. The third-order valence-electron chi connectivity index (χ3n) is 3.11. The Morgan fingerprint density at radius 2 is 1.80 bits per heavy atom. The van der Waals surface area contributed by atoms with Crippen molar-refractivity contribution < 1.29 is 0 Å². The number of anilines is 2. The smallest absolute Gasteiger partial charge is 0.224 e. The highest BCUT2D eigenvalue weighted by molar-refractivity contribution is 5.42. The average molecular weight is 279 g/mol. The summed E-state index contributed by atoms with van der Waals surface area (Å²) in [5.74, 6) is 1.62. The summed E-state index contributed by atoms with van der Waals surface area (Å²) in [4.78, 5) is 11.3. The highest BCUT2D eigenvalue weighted by Gasteiger charge is 2.03. The fourth-order valence-electron chi connectivity index (χ4n) is 2.06. The molecule has 0 aliphatic heterocycles. The molecule has 0 unspecified atom stereocenters. The Morgan fingerprint density at radius 3 is 2.45 bits per heavy atom. The van der Waals surface area contributed by atoms with Gasteiger partial charge in [0.2, 0.25) is 5.95 Å². The van der Waals surface area contributed by atoms with Crippen LogP contribution in [0.4, 0.5) is 11.8 Å². The molecule has 0 bridgehead atoms. The maximum absolute atomic E-state index is 4.49. The highest BCUT2D eigenvalue weighted by atomic mass is 15.2. The molecule has 1 heterocycles. The molecule has 0 radical (unpaired) electrons. The van der Waals surface area contributed by atoms with Gasteiger partial charge in [0, 0.05) is 31.4 Å². The second kappa shape index (κ2) is 9.53. The van der Waals surface area contributed by atoms with Crippen LogP contribution < -0.4 is 10.6 Å². The van der Waals surface area contributed by atoms with E-state index in [1.165, 1.54) is 6.42 Å². The van der Waals surface area contributed by atoms with Crippen LogP contribution in [-0.2, 0) is 0 Å². The zero-order valence-corrected chi connectivity index (χ0v) is 13.4. The van der Waals surface area contributed by atoms with Crippen LogP contribution in [0.2, 0.25) is 0 Å². The first kappa shape index (κ1) is 16.7. The lowest BCUT2D eigenvalue weighted by Gasteiger charge is -2.19. The molecule has 1 rings (SSSR count). The molecule has 2 N–H and O–H groups in total. The van der Waals surface area contributed by atoms with E-state index in [9.17, 15) is 0 Å². The van der Waals surface area contributed by atoms with Gasteiger partial charge in [-0.2, -0.15) is 4.98 Å². The topological polar surface area (TPSA) is 53.1 Å². The number of hydrogen-bond acceptors (Lipinski definition) is 5. The van der Waals surface area contributed by atoms with Crippen LogP contribution in [0.1, 0.15) is 39.3 Å².